The lowest BCUT2D eigenvalue weighted by atomic mass is 10.2. The summed E-state index contributed by atoms with van der Waals surface area (Å²) in [5.41, 5.74) is 1.45. The number of aryl methyl sites for hydroxylation is 1. The molecular formula is C22H24ClNO5S. The number of rotatable bonds is 6. The van der Waals surface area contributed by atoms with Crippen molar-refractivity contribution in [1.29, 1.82) is 0 Å². The average molecular weight is 450 g/mol. The van der Waals surface area contributed by atoms with Crippen LogP contribution in [0.25, 0.3) is 6.08 Å². The van der Waals surface area contributed by atoms with Crippen LogP contribution in [0.1, 0.15) is 30.4 Å². The molecule has 160 valence electrons. The van der Waals surface area contributed by atoms with E-state index in [9.17, 15) is 13.2 Å². The van der Waals surface area contributed by atoms with Gasteiger partial charge < -0.3 is 9.47 Å². The third-order valence-corrected chi connectivity index (χ3v) is 7.06. The number of nitrogens with zero attached hydrogens (tertiary/aromatic N) is 1. The van der Waals surface area contributed by atoms with Crippen LogP contribution in [-0.2, 0) is 14.8 Å². The molecule has 1 fully saturated rings. The summed E-state index contributed by atoms with van der Waals surface area (Å²) in [6.45, 7) is 2.86. The van der Waals surface area contributed by atoms with Crippen molar-refractivity contribution in [2.75, 3.05) is 20.2 Å². The molecule has 3 rings (SSSR count). The molecule has 0 N–H and O–H groups in total. The molecule has 1 heterocycles. The highest BCUT2D eigenvalue weighted by Crippen LogP contribution is 2.30. The van der Waals surface area contributed by atoms with E-state index < -0.39 is 16.0 Å². The van der Waals surface area contributed by atoms with Crippen molar-refractivity contribution in [3.63, 3.8) is 0 Å². The normalized spacial score (nSPS) is 15.3. The van der Waals surface area contributed by atoms with E-state index in [2.05, 4.69) is 0 Å². The van der Waals surface area contributed by atoms with Gasteiger partial charge >= 0.3 is 5.97 Å². The lowest BCUT2D eigenvalue weighted by molar-refractivity contribution is -0.128. The third kappa shape index (κ3) is 5.22. The van der Waals surface area contributed by atoms with E-state index in [1.54, 1.807) is 24.3 Å². The Morgan fingerprint density at radius 2 is 1.80 bits per heavy atom. The van der Waals surface area contributed by atoms with E-state index in [0.717, 1.165) is 24.8 Å². The second-order valence-corrected chi connectivity index (χ2v) is 9.38. The molecule has 8 heteroatoms. The Labute approximate surface area is 182 Å². The van der Waals surface area contributed by atoms with Crippen LogP contribution in [-0.4, -0.2) is 38.9 Å². The second kappa shape index (κ2) is 9.64. The summed E-state index contributed by atoms with van der Waals surface area (Å²) >= 11 is 6.05. The fourth-order valence-electron chi connectivity index (χ4n) is 3.24. The Kier molecular flexibility index (Phi) is 7.18. The largest absolute Gasteiger partial charge is 0.495 e. The van der Waals surface area contributed by atoms with Crippen LogP contribution >= 0.6 is 11.6 Å². The van der Waals surface area contributed by atoms with E-state index in [0.29, 0.717) is 23.7 Å². The summed E-state index contributed by atoms with van der Waals surface area (Å²) in [6.07, 6.45) is 5.44. The SMILES string of the molecule is COc1ccc(/C=C/C(=O)Oc2cc(C)ccc2Cl)cc1S(=O)(=O)N1CCCCC1. The van der Waals surface area contributed by atoms with Crippen molar-refractivity contribution >= 4 is 33.7 Å². The summed E-state index contributed by atoms with van der Waals surface area (Å²) < 4.78 is 38.2. The Morgan fingerprint density at radius 3 is 2.50 bits per heavy atom. The molecule has 0 aromatic heterocycles. The van der Waals surface area contributed by atoms with Gasteiger partial charge in [0.1, 0.15) is 16.4 Å². The van der Waals surface area contributed by atoms with E-state index >= 15 is 0 Å². The maximum absolute atomic E-state index is 13.1. The number of esters is 1. The summed E-state index contributed by atoms with van der Waals surface area (Å²) in [7, 11) is -2.25. The van der Waals surface area contributed by atoms with Gasteiger partial charge in [-0.15, -0.1) is 0 Å². The summed E-state index contributed by atoms with van der Waals surface area (Å²) in [5, 5.41) is 0.335. The van der Waals surface area contributed by atoms with E-state index in [4.69, 9.17) is 21.1 Å². The molecule has 30 heavy (non-hydrogen) atoms. The van der Waals surface area contributed by atoms with E-state index in [1.165, 1.54) is 29.6 Å². The minimum absolute atomic E-state index is 0.0872. The van der Waals surface area contributed by atoms with Crippen LogP contribution in [0.5, 0.6) is 11.5 Å². The Hall–Kier alpha value is -2.35. The summed E-state index contributed by atoms with van der Waals surface area (Å²) in [5.74, 6) is -0.0694. The van der Waals surface area contributed by atoms with Gasteiger partial charge in [-0.3, -0.25) is 0 Å². The van der Waals surface area contributed by atoms with E-state index in [1.807, 2.05) is 13.0 Å². The van der Waals surface area contributed by atoms with Crippen LogP contribution in [0.2, 0.25) is 5.02 Å². The molecule has 0 aliphatic carbocycles. The van der Waals surface area contributed by atoms with E-state index in [-0.39, 0.29) is 16.4 Å². The molecule has 0 saturated carbocycles. The molecule has 6 nitrogen and oxygen atoms in total. The zero-order chi connectivity index (χ0) is 21.7. The fraction of sp³-hybridized carbons (Fsp3) is 0.318. The predicted octanol–water partition coefficient (Wildman–Crippen LogP) is 4.45. The highest BCUT2D eigenvalue weighted by Gasteiger charge is 2.29. The monoisotopic (exact) mass is 449 g/mol. The Bertz CT molecular complexity index is 1060. The van der Waals surface area contributed by atoms with Gasteiger partial charge in [0.2, 0.25) is 10.0 Å². The van der Waals surface area contributed by atoms with Crippen molar-refractivity contribution in [3.05, 3.63) is 58.6 Å². The van der Waals surface area contributed by atoms with Crippen LogP contribution in [0, 0.1) is 6.92 Å². The lowest BCUT2D eigenvalue weighted by Crippen LogP contribution is -2.35. The zero-order valence-electron chi connectivity index (χ0n) is 16.9. The maximum Gasteiger partial charge on any atom is 0.336 e. The molecule has 1 aliphatic heterocycles. The van der Waals surface area contributed by atoms with Gasteiger partial charge in [0.25, 0.3) is 0 Å². The summed E-state index contributed by atoms with van der Waals surface area (Å²) in [4.78, 5) is 12.3. The Morgan fingerprint density at radius 1 is 1.07 bits per heavy atom. The molecule has 0 atom stereocenters. The number of methoxy groups -OCH3 is 1. The molecule has 1 saturated heterocycles. The molecule has 1 aliphatic rings. The summed E-state index contributed by atoms with van der Waals surface area (Å²) in [6, 6.07) is 9.91. The first kappa shape index (κ1) is 22.3. The van der Waals surface area contributed by atoms with Gasteiger partial charge in [0.15, 0.2) is 0 Å². The van der Waals surface area contributed by atoms with Gasteiger partial charge in [-0.25, -0.2) is 13.2 Å². The molecular weight excluding hydrogens is 426 g/mol. The predicted molar refractivity (Wildman–Crippen MR) is 116 cm³/mol. The van der Waals surface area contributed by atoms with Gasteiger partial charge in [-0.05, 0) is 61.2 Å². The molecule has 2 aromatic rings. The molecule has 2 aromatic carbocycles. The number of benzene rings is 2. The quantitative estimate of drug-likeness (QED) is 0.370. The molecule has 0 amide bonds. The smallest absolute Gasteiger partial charge is 0.336 e. The van der Waals surface area contributed by atoms with Gasteiger partial charge in [0.05, 0.1) is 12.1 Å². The highest BCUT2D eigenvalue weighted by atomic mass is 35.5. The zero-order valence-corrected chi connectivity index (χ0v) is 18.5. The number of halogens is 1. The van der Waals surface area contributed by atoms with Crippen molar-refractivity contribution in [2.45, 2.75) is 31.1 Å². The number of ether oxygens (including phenoxy) is 2. The number of hydrogen-bond donors (Lipinski definition) is 0. The molecule has 0 radical (unpaired) electrons. The first-order valence-electron chi connectivity index (χ1n) is 9.65. The number of piperidine rings is 1. The number of carbonyl (C=O) groups is 1. The average Bonchev–Trinajstić information content (AvgIpc) is 2.75. The third-order valence-electron chi connectivity index (χ3n) is 4.83. The number of hydrogen-bond acceptors (Lipinski definition) is 5. The fourth-order valence-corrected chi connectivity index (χ4v) is 5.10. The molecule has 0 spiro atoms. The lowest BCUT2D eigenvalue weighted by Gasteiger charge is -2.26. The van der Waals surface area contributed by atoms with Crippen molar-refractivity contribution in [3.8, 4) is 11.5 Å². The molecule has 0 bridgehead atoms. The first-order chi connectivity index (χ1) is 14.3. The molecule has 0 unspecified atom stereocenters. The second-order valence-electron chi connectivity index (χ2n) is 7.06. The van der Waals surface area contributed by atoms with Crippen LogP contribution in [0.3, 0.4) is 0 Å². The number of sulfonamides is 1. The van der Waals surface area contributed by atoms with Crippen molar-refractivity contribution < 1.29 is 22.7 Å². The minimum atomic E-state index is -3.68. The Balaban J connectivity index is 1.82. The van der Waals surface area contributed by atoms with Gasteiger partial charge in [-0.1, -0.05) is 30.2 Å². The topological polar surface area (TPSA) is 72.9 Å². The van der Waals surface area contributed by atoms with Crippen LogP contribution in [0.15, 0.2) is 47.4 Å². The first-order valence-corrected chi connectivity index (χ1v) is 11.5. The standard InChI is InChI=1S/C22H24ClNO5S/c1-16-6-9-18(23)20(14-16)29-22(25)11-8-17-7-10-19(28-2)21(15-17)30(26,27)24-12-4-3-5-13-24/h6-11,14-15H,3-5,12-13H2,1-2H3/b11-8+. The number of carbonyl (C=O) groups excluding carboxylic acids is 1. The minimum Gasteiger partial charge on any atom is -0.495 e. The van der Waals surface area contributed by atoms with Gasteiger partial charge in [0, 0.05) is 19.2 Å². The van der Waals surface area contributed by atoms with Crippen molar-refractivity contribution in [2.24, 2.45) is 0 Å². The van der Waals surface area contributed by atoms with Crippen molar-refractivity contribution in [1.82, 2.24) is 4.31 Å². The van der Waals surface area contributed by atoms with Crippen LogP contribution < -0.4 is 9.47 Å². The van der Waals surface area contributed by atoms with Crippen LogP contribution in [0.4, 0.5) is 0 Å². The highest BCUT2D eigenvalue weighted by molar-refractivity contribution is 7.89. The van der Waals surface area contributed by atoms with Gasteiger partial charge in [-0.2, -0.15) is 4.31 Å². The maximum atomic E-state index is 13.1.